The first-order valence-electron chi connectivity index (χ1n) is 11.5. The van der Waals surface area contributed by atoms with Crippen molar-refractivity contribution in [3.05, 3.63) is 65.7 Å². The molecule has 2 aliphatic rings. The van der Waals surface area contributed by atoms with Gasteiger partial charge >= 0.3 is 6.09 Å². The highest BCUT2D eigenvalue weighted by molar-refractivity contribution is 7.13. The number of aromatic nitrogens is 3. The summed E-state index contributed by atoms with van der Waals surface area (Å²) in [6, 6.07) is 10.1. The molecular weight excluding hydrogens is 450 g/mol. The summed E-state index contributed by atoms with van der Waals surface area (Å²) in [6.07, 6.45) is 7.78. The van der Waals surface area contributed by atoms with Crippen LogP contribution in [-0.2, 0) is 4.74 Å². The van der Waals surface area contributed by atoms with Crippen molar-refractivity contribution in [2.45, 2.75) is 63.3 Å². The Morgan fingerprint density at radius 2 is 1.82 bits per heavy atom. The van der Waals surface area contributed by atoms with E-state index in [0.29, 0.717) is 5.69 Å². The molecule has 0 spiro atoms. The average Bonchev–Trinajstić information content (AvgIpc) is 3.43. The number of nitrogens with one attached hydrogen (secondary N) is 1. The number of amides is 2. The topological polar surface area (TPSA) is 97.3 Å². The molecule has 1 aromatic carbocycles. The predicted octanol–water partition coefficient (Wildman–Crippen LogP) is 4.61. The second kappa shape index (κ2) is 9.13. The van der Waals surface area contributed by atoms with E-state index in [4.69, 9.17) is 4.74 Å². The minimum Gasteiger partial charge on any atom is -0.441 e. The normalized spacial score (nSPS) is 24.0. The quantitative estimate of drug-likeness (QED) is 0.576. The van der Waals surface area contributed by atoms with E-state index in [1.807, 2.05) is 36.9 Å². The van der Waals surface area contributed by atoms with Crippen LogP contribution in [0.15, 0.2) is 54.4 Å². The van der Waals surface area contributed by atoms with Crippen LogP contribution in [0, 0.1) is 0 Å². The molecule has 2 fully saturated rings. The summed E-state index contributed by atoms with van der Waals surface area (Å²) in [4.78, 5) is 40.0. The standard InChI is InChI=1S/C25H27N5O3S/c1-25(2)21(16-6-4-3-5-7-16)30(24(32)33-25)19-10-8-18(9-11-19)28-22(31)20-14-34-23(29-20)17-12-26-15-27-13-17/h3-7,12-15,18-19,21H,8-11H2,1-2H3,(H,28,31). The zero-order valence-electron chi connectivity index (χ0n) is 19.2. The third-order valence-corrected chi connectivity index (χ3v) is 7.47. The Labute approximate surface area is 202 Å². The number of ether oxygens (including phenoxy) is 1. The fourth-order valence-corrected chi connectivity index (χ4v) is 5.78. The van der Waals surface area contributed by atoms with Crippen molar-refractivity contribution >= 4 is 23.3 Å². The van der Waals surface area contributed by atoms with Gasteiger partial charge in [0.1, 0.15) is 22.6 Å². The molecule has 0 bridgehead atoms. The molecule has 34 heavy (non-hydrogen) atoms. The molecule has 1 saturated heterocycles. The van der Waals surface area contributed by atoms with E-state index in [-0.39, 0.29) is 30.1 Å². The van der Waals surface area contributed by atoms with Gasteiger partial charge in [-0.3, -0.25) is 9.69 Å². The molecule has 0 radical (unpaired) electrons. The number of cyclic esters (lactones) is 1. The van der Waals surface area contributed by atoms with E-state index in [0.717, 1.165) is 41.8 Å². The number of carbonyl (C=O) groups excluding carboxylic acids is 2. The van der Waals surface area contributed by atoms with Gasteiger partial charge in [-0.15, -0.1) is 11.3 Å². The minimum atomic E-state index is -0.602. The van der Waals surface area contributed by atoms with E-state index in [1.165, 1.54) is 17.7 Å². The molecule has 2 aromatic heterocycles. The smallest absolute Gasteiger partial charge is 0.411 e. The minimum absolute atomic E-state index is 0.0516. The molecule has 176 valence electrons. The second-order valence-electron chi connectivity index (χ2n) is 9.34. The first kappa shape index (κ1) is 22.5. The van der Waals surface area contributed by atoms with Crippen LogP contribution < -0.4 is 5.32 Å². The van der Waals surface area contributed by atoms with E-state index >= 15 is 0 Å². The van der Waals surface area contributed by atoms with Crippen LogP contribution in [0.2, 0.25) is 0 Å². The Kier molecular flexibility index (Phi) is 6.03. The highest BCUT2D eigenvalue weighted by Crippen LogP contribution is 2.44. The third kappa shape index (κ3) is 4.40. The number of rotatable bonds is 5. The van der Waals surface area contributed by atoms with Crippen LogP contribution in [0.3, 0.4) is 0 Å². The zero-order chi connectivity index (χ0) is 23.7. The van der Waals surface area contributed by atoms with E-state index in [1.54, 1.807) is 17.8 Å². The number of hydrogen-bond acceptors (Lipinski definition) is 7. The number of nitrogens with zero attached hydrogens (tertiary/aromatic N) is 4. The van der Waals surface area contributed by atoms with Crippen molar-refractivity contribution in [2.75, 3.05) is 0 Å². The van der Waals surface area contributed by atoms with Crippen LogP contribution in [0.4, 0.5) is 4.79 Å². The van der Waals surface area contributed by atoms with Crippen molar-refractivity contribution < 1.29 is 14.3 Å². The number of hydrogen-bond donors (Lipinski definition) is 1. The van der Waals surface area contributed by atoms with Gasteiger partial charge in [-0.1, -0.05) is 30.3 Å². The molecule has 5 rings (SSSR count). The Morgan fingerprint density at radius 3 is 2.53 bits per heavy atom. The molecule has 1 aliphatic heterocycles. The maximum atomic E-state index is 12.9. The van der Waals surface area contributed by atoms with Gasteiger partial charge in [-0.05, 0) is 45.1 Å². The molecule has 3 aromatic rings. The Balaban J connectivity index is 1.22. The summed E-state index contributed by atoms with van der Waals surface area (Å²) >= 11 is 1.40. The molecule has 1 saturated carbocycles. The molecule has 1 unspecified atom stereocenters. The lowest BCUT2D eigenvalue weighted by atomic mass is 9.86. The predicted molar refractivity (Wildman–Crippen MR) is 128 cm³/mol. The van der Waals surface area contributed by atoms with Crippen molar-refractivity contribution in [1.29, 1.82) is 0 Å². The molecular formula is C25H27N5O3S. The van der Waals surface area contributed by atoms with Crippen molar-refractivity contribution in [1.82, 2.24) is 25.2 Å². The largest absolute Gasteiger partial charge is 0.441 e. The molecule has 8 nitrogen and oxygen atoms in total. The molecule has 3 heterocycles. The summed E-state index contributed by atoms with van der Waals surface area (Å²) in [6.45, 7) is 3.94. The van der Waals surface area contributed by atoms with E-state index in [9.17, 15) is 9.59 Å². The van der Waals surface area contributed by atoms with Crippen molar-refractivity contribution in [3.63, 3.8) is 0 Å². The van der Waals surface area contributed by atoms with E-state index < -0.39 is 5.60 Å². The van der Waals surface area contributed by atoms with Crippen LogP contribution in [-0.4, -0.2) is 49.5 Å². The van der Waals surface area contributed by atoms with Gasteiger partial charge in [-0.25, -0.2) is 19.7 Å². The fraction of sp³-hybridized carbons (Fsp3) is 0.400. The SMILES string of the molecule is CC1(C)OC(=O)N(C2CCC(NC(=O)c3csc(-c4cncnc4)n3)CC2)C1c1ccccc1. The number of thiazole rings is 1. The lowest BCUT2D eigenvalue weighted by molar-refractivity contribution is 0.0663. The summed E-state index contributed by atoms with van der Waals surface area (Å²) in [5.41, 5.74) is 1.67. The first-order valence-corrected chi connectivity index (χ1v) is 12.4. The highest BCUT2D eigenvalue weighted by atomic mass is 32.1. The van der Waals surface area contributed by atoms with Gasteiger partial charge < -0.3 is 10.1 Å². The molecule has 2 amide bonds. The monoisotopic (exact) mass is 477 g/mol. The average molecular weight is 478 g/mol. The van der Waals surface area contributed by atoms with Gasteiger partial charge in [0.05, 0.1) is 6.04 Å². The Bertz CT molecular complexity index is 1160. The van der Waals surface area contributed by atoms with Gasteiger partial charge in [-0.2, -0.15) is 0 Å². The molecule has 1 N–H and O–H groups in total. The number of carbonyl (C=O) groups is 2. The maximum absolute atomic E-state index is 12.9. The summed E-state index contributed by atoms with van der Waals surface area (Å²) in [5.74, 6) is -0.174. The summed E-state index contributed by atoms with van der Waals surface area (Å²) in [5, 5.41) is 5.60. The van der Waals surface area contributed by atoms with Gasteiger partial charge in [0, 0.05) is 35.4 Å². The van der Waals surface area contributed by atoms with Crippen LogP contribution in [0.25, 0.3) is 10.6 Å². The zero-order valence-corrected chi connectivity index (χ0v) is 20.0. The molecule has 1 aliphatic carbocycles. The van der Waals surface area contributed by atoms with Crippen molar-refractivity contribution in [3.8, 4) is 10.6 Å². The molecule has 1 atom stereocenters. The van der Waals surface area contributed by atoms with Gasteiger partial charge in [0.25, 0.3) is 5.91 Å². The summed E-state index contributed by atoms with van der Waals surface area (Å²) in [7, 11) is 0. The van der Waals surface area contributed by atoms with Crippen LogP contribution in [0.1, 0.15) is 61.6 Å². The summed E-state index contributed by atoms with van der Waals surface area (Å²) < 4.78 is 5.77. The number of benzene rings is 1. The first-order chi connectivity index (χ1) is 16.4. The Hall–Kier alpha value is -3.33. The van der Waals surface area contributed by atoms with Gasteiger partial charge in [0.2, 0.25) is 0 Å². The second-order valence-corrected chi connectivity index (χ2v) is 10.2. The van der Waals surface area contributed by atoms with Gasteiger partial charge in [0.15, 0.2) is 0 Å². The lowest BCUT2D eigenvalue weighted by Crippen LogP contribution is -2.46. The molecule has 9 heteroatoms. The lowest BCUT2D eigenvalue weighted by Gasteiger charge is -2.38. The Morgan fingerprint density at radius 1 is 1.12 bits per heavy atom. The highest BCUT2D eigenvalue weighted by Gasteiger charge is 2.51. The van der Waals surface area contributed by atoms with Crippen molar-refractivity contribution in [2.24, 2.45) is 0 Å². The maximum Gasteiger partial charge on any atom is 0.411 e. The third-order valence-electron chi connectivity index (χ3n) is 6.58. The van der Waals surface area contributed by atoms with Crippen LogP contribution >= 0.6 is 11.3 Å². The van der Waals surface area contributed by atoms with Crippen LogP contribution in [0.5, 0.6) is 0 Å². The fourth-order valence-electron chi connectivity index (χ4n) is 5.01. The van der Waals surface area contributed by atoms with E-state index in [2.05, 4.69) is 32.4 Å².